The molecule has 0 aliphatic heterocycles. The van der Waals surface area contributed by atoms with Gasteiger partial charge >= 0.3 is 0 Å². The normalized spacial score (nSPS) is 11.3. The van der Waals surface area contributed by atoms with Crippen LogP contribution in [0.25, 0.3) is 10.8 Å². The highest BCUT2D eigenvalue weighted by Gasteiger charge is 2.20. The van der Waals surface area contributed by atoms with Gasteiger partial charge in [0.15, 0.2) is 0 Å². The molecule has 0 atom stereocenters. The number of carbonyl (C=O) groups excluding carboxylic acids is 1. The standard InChI is InChI=1S/C25H22N2O3S/c1-17-8-3-6-12-22(17)27-31(29,30)24-16-20(15-14-18(24)2)25(28)26-23-13-7-10-19-9-4-5-11-21(19)23/h3-16,27H,1-2H3,(H,26,28). The molecule has 6 heteroatoms. The van der Waals surface area contributed by atoms with E-state index in [-0.39, 0.29) is 16.4 Å². The Hall–Kier alpha value is -3.64. The number of amides is 1. The molecule has 156 valence electrons. The van der Waals surface area contributed by atoms with Crippen molar-refractivity contribution in [2.24, 2.45) is 0 Å². The molecule has 4 rings (SSSR count). The Labute approximate surface area is 181 Å². The number of para-hydroxylation sites is 1. The van der Waals surface area contributed by atoms with Crippen molar-refractivity contribution in [1.29, 1.82) is 0 Å². The minimum absolute atomic E-state index is 0.0707. The van der Waals surface area contributed by atoms with E-state index in [9.17, 15) is 13.2 Å². The number of aryl methyl sites for hydroxylation is 2. The lowest BCUT2D eigenvalue weighted by molar-refractivity contribution is 0.102. The lowest BCUT2D eigenvalue weighted by Crippen LogP contribution is -2.17. The number of sulfonamides is 1. The zero-order valence-electron chi connectivity index (χ0n) is 17.2. The minimum atomic E-state index is -3.86. The first-order chi connectivity index (χ1) is 14.8. The van der Waals surface area contributed by atoms with Gasteiger partial charge in [-0.1, -0.05) is 60.7 Å². The maximum Gasteiger partial charge on any atom is 0.262 e. The van der Waals surface area contributed by atoms with E-state index in [0.29, 0.717) is 16.9 Å². The number of rotatable bonds is 5. The molecule has 4 aromatic rings. The molecule has 1 amide bonds. The van der Waals surface area contributed by atoms with Crippen LogP contribution < -0.4 is 10.0 Å². The maximum absolute atomic E-state index is 13.0. The molecule has 0 saturated carbocycles. The Morgan fingerprint density at radius 2 is 1.42 bits per heavy atom. The van der Waals surface area contributed by atoms with E-state index in [2.05, 4.69) is 10.0 Å². The molecule has 4 aromatic carbocycles. The van der Waals surface area contributed by atoms with Gasteiger partial charge in [-0.15, -0.1) is 0 Å². The Balaban J connectivity index is 1.65. The van der Waals surface area contributed by atoms with Crippen LogP contribution in [0.4, 0.5) is 11.4 Å². The fraction of sp³-hybridized carbons (Fsp3) is 0.0800. The smallest absolute Gasteiger partial charge is 0.262 e. The summed E-state index contributed by atoms with van der Waals surface area (Å²) in [7, 11) is -3.86. The second kappa shape index (κ2) is 8.24. The summed E-state index contributed by atoms with van der Waals surface area (Å²) in [6.07, 6.45) is 0. The fourth-order valence-corrected chi connectivity index (χ4v) is 4.85. The van der Waals surface area contributed by atoms with Crippen molar-refractivity contribution in [1.82, 2.24) is 0 Å². The lowest BCUT2D eigenvalue weighted by atomic mass is 10.1. The molecule has 5 nitrogen and oxygen atoms in total. The van der Waals surface area contributed by atoms with Crippen LogP contribution >= 0.6 is 0 Å². The molecule has 31 heavy (non-hydrogen) atoms. The van der Waals surface area contributed by atoms with Crippen molar-refractivity contribution in [2.45, 2.75) is 18.7 Å². The number of carbonyl (C=O) groups is 1. The van der Waals surface area contributed by atoms with Gasteiger partial charge in [0.1, 0.15) is 0 Å². The summed E-state index contributed by atoms with van der Waals surface area (Å²) in [6, 6.07) is 25.3. The van der Waals surface area contributed by atoms with E-state index < -0.39 is 10.0 Å². The maximum atomic E-state index is 13.0. The second-order valence-electron chi connectivity index (χ2n) is 7.38. The van der Waals surface area contributed by atoms with Crippen molar-refractivity contribution in [3.63, 3.8) is 0 Å². The topological polar surface area (TPSA) is 75.3 Å². The molecule has 0 fully saturated rings. The summed E-state index contributed by atoms with van der Waals surface area (Å²) in [4.78, 5) is 13.0. The van der Waals surface area contributed by atoms with E-state index in [1.54, 1.807) is 31.2 Å². The highest BCUT2D eigenvalue weighted by Crippen LogP contribution is 2.25. The fourth-order valence-electron chi connectivity index (χ4n) is 3.45. The Kier molecular flexibility index (Phi) is 5.48. The van der Waals surface area contributed by atoms with Gasteiger partial charge in [0, 0.05) is 16.6 Å². The number of nitrogens with one attached hydrogen (secondary N) is 2. The molecule has 0 radical (unpaired) electrons. The van der Waals surface area contributed by atoms with E-state index in [1.165, 1.54) is 6.07 Å². The number of hydrogen-bond acceptors (Lipinski definition) is 3. The average Bonchev–Trinajstić information content (AvgIpc) is 2.75. The number of hydrogen-bond donors (Lipinski definition) is 2. The largest absolute Gasteiger partial charge is 0.321 e. The van der Waals surface area contributed by atoms with E-state index >= 15 is 0 Å². The van der Waals surface area contributed by atoms with Crippen molar-refractivity contribution in [3.05, 3.63) is 102 Å². The third kappa shape index (κ3) is 4.29. The molecule has 0 aliphatic carbocycles. The molecule has 0 heterocycles. The number of benzene rings is 4. The van der Waals surface area contributed by atoms with Gasteiger partial charge in [0.05, 0.1) is 10.6 Å². The Morgan fingerprint density at radius 3 is 2.23 bits per heavy atom. The van der Waals surface area contributed by atoms with E-state index in [0.717, 1.165) is 16.3 Å². The van der Waals surface area contributed by atoms with E-state index in [4.69, 9.17) is 0 Å². The van der Waals surface area contributed by atoms with Crippen LogP contribution in [0.15, 0.2) is 89.8 Å². The predicted octanol–water partition coefficient (Wildman–Crippen LogP) is 5.51. The zero-order valence-corrected chi connectivity index (χ0v) is 18.0. The minimum Gasteiger partial charge on any atom is -0.321 e. The molecule has 0 aliphatic rings. The highest BCUT2D eigenvalue weighted by molar-refractivity contribution is 7.92. The summed E-state index contributed by atoms with van der Waals surface area (Å²) in [5.74, 6) is -0.372. The number of anilines is 2. The van der Waals surface area contributed by atoms with Gasteiger partial charge in [0.2, 0.25) is 0 Å². The monoisotopic (exact) mass is 430 g/mol. The quantitative estimate of drug-likeness (QED) is 0.438. The molecule has 0 saturated heterocycles. The van der Waals surface area contributed by atoms with Gasteiger partial charge in [-0.25, -0.2) is 8.42 Å². The summed E-state index contributed by atoms with van der Waals surface area (Å²) in [5, 5.41) is 4.83. The highest BCUT2D eigenvalue weighted by atomic mass is 32.2. The third-order valence-corrected chi connectivity index (χ3v) is 6.67. The molecular formula is C25H22N2O3S. The van der Waals surface area contributed by atoms with Gasteiger partial charge in [-0.2, -0.15) is 0 Å². The third-order valence-electron chi connectivity index (χ3n) is 5.17. The van der Waals surface area contributed by atoms with Crippen molar-refractivity contribution < 1.29 is 13.2 Å². The van der Waals surface area contributed by atoms with Crippen LogP contribution in [-0.4, -0.2) is 14.3 Å². The van der Waals surface area contributed by atoms with Crippen LogP contribution in [0.2, 0.25) is 0 Å². The summed E-state index contributed by atoms with van der Waals surface area (Å²) >= 11 is 0. The van der Waals surface area contributed by atoms with Gasteiger partial charge in [0.25, 0.3) is 15.9 Å². The van der Waals surface area contributed by atoms with Gasteiger partial charge < -0.3 is 5.32 Å². The predicted molar refractivity (Wildman–Crippen MR) is 125 cm³/mol. The summed E-state index contributed by atoms with van der Waals surface area (Å²) in [5.41, 5.74) is 2.82. The first-order valence-electron chi connectivity index (χ1n) is 9.83. The van der Waals surface area contributed by atoms with Crippen LogP contribution in [0.1, 0.15) is 21.5 Å². The molecule has 0 aromatic heterocycles. The summed E-state index contributed by atoms with van der Waals surface area (Å²) in [6.45, 7) is 3.54. The molecule has 2 N–H and O–H groups in total. The Morgan fingerprint density at radius 1 is 0.742 bits per heavy atom. The molecule has 0 unspecified atom stereocenters. The summed E-state index contributed by atoms with van der Waals surface area (Å²) < 4.78 is 28.7. The van der Waals surface area contributed by atoms with Crippen molar-refractivity contribution >= 4 is 38.1 Å². The Bertz CT molecular complexity index is 1390. The zero-order chi connectivity index (χ0) is 22.0. The molecular weight excluding hydrogens is 408 g/mol. The molecule has 0 bridgehead atoms. The first kappa shape index (κ1) is 20.6. The van der Waals surface area contributed by atoms with Crippen LogP contribution in [0, 0.1) is 13.8 Å². The van der Waals surface area contributed by atoms with Crippen molar-refractivity contribution in [3.8, 4) is 0 Å². The number of fused-ring (bicyclic) bond motifs is 1. The first-order valence-corrected chi connectivity index (χ1v) is 11.3. The van der Waals surface area contributed by atoms with Crippen LogP contribution in [0.5, 0.6) is 0 Å². The van der Waals surface area contributed by atoms with Gasteiger partial charge in [-0.3, -0.25) is 9.52 Å². The lowest BCUT2D eigenvalue weighted by Gasteiger charge is -2.14. The molecule has 0 spiro atoms. The average molecular weight is 431 g/mol. The van der Waals surface area contributed by atoms with Crippen molar-refractivity contribution in [2.75, 3.05) is 10.0 Å². The van der Waals surface area contributed by atoms with Gasteiger partial charge in [-0.05, 0) is 54.6 Å². The van der Waals surface area contributed by atoms with Crippen LogP contribution in [0.3, 0.4) is 0 Å². The SMILES string of the molecule is Cc1ccccc1NS(=O)(=O)c1cc(C(=O)Nc2cccc3ccccc23)ccc1C. The van der Waals surface area contributed by atoms with Crippen LogP contribution in [-0.2, 0) is 10.0 Å². The van der Waals surface area contributed by atoms with E-state index in [1.807, 2.05) is 61.5 Å². The second-order valence-corrected chi connectivity index (χ2v) is 9.03.